The van der Waals surface area contributed by atoms with Crippen molar-refractivity contribution in [1.82, 2.24) is 0 Å². The molecule has 0 rings (SSSR count). The van der Waals surface area contributed by atoms with E-state index in [4.69, 9.17) is 26.6 Å². The maximum atomic E-state index is 5.67. The molecule has 0 aliphatic carbocycles. The van der Waals surface area contributed by atoms with Crippen LogP contribution < -0.4 is 0 Å². The summed E-state index contributed by atoms with van der Waals surface area (Å²) in [4.78, 5) is 0. The number of hydrogen-bond donors (Lipinski definition) is 0. The fourth-order valence-corrected chi connectivity index (χ4v) is 6.69. The highest BCUT2D eigenvalue weighted by Crippen LogP contribution is 2.24. The van der Waals surface area contributed by atoms with E-state index in [-0.39, 0.29) is 0 Å². The Morgan fingerprint density at radius 3 is 1.12 bits per heavy atom. The highest BCUT2D eigenvalue weighted by Gasteiger charge is 2.44. The molecule has 148 valence electrons. The molecule has 0 aromatic heterocycles. The molecule has 0 saturated heterocycles. The van der Waals surface area contributed by atoms with Gasteiger partial charge in [0.25, 0.3) is 0 Å². The van der Waals surface area contributed by atoms with Crippen LogP contribution in [-0.2, 0) is 26.6 Å². The second-order valence-electron chi connectivity index (χ2n) is 5.95. The van der Waals surface area contributed by atoms with E-state index in [0.717, 1.165) is 6.04 Å². The maximum absolute atomic E-state index is 5.67. The van der Waals surface area contributed by atoms with Crippen molar-refractivity contribution in [2.75, 3.05) is 41.2 Å². The Balaban J connectivity index is 0. The van der Waals surface area contributed by atoms with E-state index in [1.165, 1.54) is 0 Å². The van der Waals surface area contributed by atoms with Gasteiger partial charge in [0.15, 0.2) is 0 Å². The number of hydrogen-bond acceptors (Lipinski definition) is 6. The highest BCUT2D eigenvalue weighted by molar-refractivity contribution is 6.62. The fraction of sp³-hybridized carbons (Fsp3) is 1.00. The summed E-state index contributed by atoms with van der Waals surface area (Å²) in [6, 6.07) is 0.872. The fourth-order valence-electron chi connectivity index (χ4n) is 2.23. The van der Waals surface area contributed by atoms with Crippen LogP contribution in [0.25, 0.3) is 0 Å². The van der Waals surface area contributed by atoms with Crippen LogP contribution in [-0.4, -0.2) is 58.8 Å². The summed E-state index contributed by atoms with van der Waals surface area (Å²) in [5.74, 6) is 0.543. The van der Waals surface area contributed by atoms with Crippen molar-refractivity contribution < 1.29 is 26.6 Å². The molecule has 6 nitrogen and oxygen atoms in total. The molecule has 0 aliphatic heterocycles. The summed E-state index contributed by atoms with van der Waals surface area (Å²) in [6.45, 7) is 16.3. The van der Waals surface area contributed by atoms with Gasteiger partial charge in [-0.15, -0.1) is 0 Å². The van der Waals surface area contributed by atoms with Gasteiger partial charge in [0.1, 0.15) is 0 Å². The molecule has 0 amide bonds. The smallest absolute Gasteiger partial charge is 0.377 e. The van der Waals surface area contributed by atoms with Crippen LogP contribution in [0.3, 0.4) is 0 Å². The Morgan fingerprint density at radius 2 is 1.00 bits per heavy atom. The van der Waals surface area contributed by atoms with E-state index in [1.54, 1.807) is 21.3 Å². The molecule has 0 bridgehead atoms. The van der Waals surface area contributed by atoms with Gasteiger partial charge in [-0.2, -0.15) is 0 Å². The number of rotatable bonds is 12. The molecule has 0 aliphatic rings. The summed E-state index contributed by atoms with van der Waals surface area (Å²) in [6.07, 6.45) is 0. The van der Waals surface area contributed by atoms with Crippen molar-refractivity contribution in [3.63, 3.8) is 0 Å². The van der Waals surface area contributed by atoms with E-state index >= 15 is 0 Å². The maximum Gasteiger partial charge on any atom is 0.503 e. The van der Waals surface area contributed by atoms with Gasteiger partial charge in [-0.3, -0.25) is 0 Å². The van der Waals surface area contributed by atoms with Crippen molar-refractivity contribution in [2.45, 2.75) is 60.1 Å². The Labute approximate surface area is 151 Å². The Morgan fingerprint density at radius 1 is 0.667 bits per heavy atom. The molecule has 0 radical (unpaired) electrons. The predicted octanol–water partition coefficient (Wildman–Crippen LogP) is 3.97. The zero-order valence-electron chi connectivity index (χ0n) is 17.4. The minimum absolute atomic E-state index is 0.326. The quantitative estimate of drug-likeness (QED) is 0.475. The first-order chi connectivity index (χ1) is 11.2. The Hall–Kier alpha value is 0.194. The van der Waals surface area contributed by atoms with Crippen LogP contribution in [0, 0.1) is 5.92 Å². The first-order valence-electron chi connectivity index (χ1n) is 8.80. The molecule has 0 atom stereocenters. The lowest BCUT2D eigenvalue weighted by molar-refractivity contribution is 0.0641. The van der Waals surface area contributed by atoms with Crippen molar-refractivity contribution in [3.8, 4) is 0 Å². The van der Waals surface area contributed by atoms with E-state index in [1.807, 2.05) is 20.8 Å². The van der Waals surface area contributed by atoms with Crippen molar-refractivity contribution in [2.24, 2.45) is 5.92 Å². The minimum atomic E-state index is -2.37. The molecule has 0 saturated carbocycles. The van der Waals surface area contributed by atoms with Crippen LogP contribution in [0.5, 0.6) is 0 Å². The third kappa shape index (κ3) is 9.62. The average molecular weight is 385 g/mol. The van der Waals surface area contributed by atoms with Crippen molar-refractivity contribution >= 4 is 17.6 Å². The zero-order chi connectivity index (χ0) is 19.2. The highest BCUT2D eigenvalue weighted by atomic mass is 28.4. The summed E-state index contributed by atoms with van der Waals surface area (Å²) in [5, 5.41) is 0. The molecule has 0 unspecified atom stereocenters. The lowest BCUT2D eigenvalue weighted by atomic mass is 10.3. The monoisotopic (exact) mass is 384 g/mol. The summed E-state index contributed by atoms with van der Waals surface area (Å²) in [5.41, 5.74) is 0.326. The SMILES string of the molecule is CCO[Si](OCC)(OCC)C(C)C.CO[Si](CC(C)C)(OC)OC. The molecule has 0 aromatic carbocycles. The van der Waals surface area contributed by atoms with Gasteiger partial charge < -0.3 is 26.6 Å². The van der Waals surface area contributed by atoms with Crippen LogP contribution in [0.4, 0.5) is 0 Å². The van der Waals surface area contributed by atoms with Gasteiger partial charge in [-0.05, 0) is 26.7 Å². The van der Waals surface area contributed by atoms with E-state index < -0.39 is 17.6 Å². The van der Waals surface area contributed by atoms with Gasteiger partial charge in [0, 0.05) is 52.7 Å². The molecule has 0 heterocycles. The molecular formula is C16H40O6Si2. The van der Waals surface area contributed by atoms with Crippen LogP contribution in [0.2, 0.25) is 11.6 Å². The average Bonchev–Trinajstić information content (AvgIpc) is 2.53. The van der Waals surface area contributed by atoms with Crippen molar-refractivity contribution in [1.29, 1.82) is 0 Å². The summed E-state index contributed by atoms with van der Waals surface area (Å²) in [7, 11) is 0.268. The lowest BCUT2D eigenvalue weighted by Crippen LogP contribution is -2.48. The van der Waals surface area contributed by atoms with Crippen LogP contribution in [0.15, 0.2) is 0 Å². The standard InChI is InChI=1S/C9H22O3Si.C7H18O3Si/c1-6-10-13(9(4)5,11-7-2)12-8-3;1-7(2)6-11(8-3,9-4)10-5/h9H,6-8H2,1-5H3;7H,6H2,1-5H3. The molecule has 0 N–H and O–H groups in total. The van der Waals surface area contributed by atoms with Crippen molar-refractivity contribution in [3.05, 3.63) is 0 Å². The van der Waals surface area contributed by atoms with E-state index in [0.29, 0.717) is 31.3 Å². The molecule has 0 aromatic rings. The van der Waals surface area contributed by atoms with E-state index in [9.17, 15) is 0 Å². The first kappa shape index (κ1) is 26.4. The summed E-state index contributed by atoms with van der Waals surface area (Å²) >= 11 is 0. The molecule has 0 spiro atoms. The Kier molecular flexibility index (Phi) is 15.8. The molecular weight excluding hydrogens is 344 g/mol. The van der Waals surface area contributed by atoms with Gasteiger partial charge >= 0.3 is 17.6 Å². The normalized spacial score (nSPS) is 12.5. The predicted molar refractivity (Wildman–Crippen MR) is 102 cm³/mol. The minimum Gasteiger partial charge on any atom is -0.377 e. The molecule has 8 heteroatoms. The van der Waals surface area contributed by atoms with Crippen LogP contribution in [0.1, 0.15) is 48.5 Å². The largest absolute Gasteiger partial charge is 0.503 e. The molecule has 24 heavy (non-hydrogen) atoms. The third-order valence-electron chi connectivity index (χ3n) is 3.33. The van der Waals surface area contributed by atoms with Crippen LogP contribution >= 0.6 is 0 Å². The van der Waals surface area contributed by atoms with Gasteiger partial charge in [0.2, 0.25) is 0 Å². The zero-order valence-corrected chi connectivity index (χ0v) is 19.4. The molecule has 0 fully saturated rings. The lowest BCUT2D eigenvalue weighted by Gasteiger charge is -2.31. The first-order valence-corrected chi connectivity index (χ1v) is 12.5. The van der Waals surface area contributed by atoms with Gasteiger partial charge in [-0.1, -0.05) is 27.7 Å². The second kappa shape index (κ2) is 14.4. The second-order valence-corrected chi connectivity index (χ2v) is 12.2. The third-order valence-corrected chi connectivity index (χ3v) is 10.0. The van der Waals surface area contributed by atoms with Gasteiger partial charge in [-0.25, -0.2) is 0 Å². The van der Waals surface area contributed by atoms with Gasteiger partial charge in [0.05, 0.1) is 0 Å². The topological polar surface area (TPSA) is 55.4 Å². The van der Waals surface area contributed by atoms with E-state index in [2.05, 4.69) is 27.7 Å². The Bertz CT molecular complexity index is 260. The summed E-state index contributed by atoms with van der Waals surface area (Å²) < 4.78 is 32.7.